The average molecular weight is 420 g/mol. The van der Waals surface area contributed by atoms with Crippen LogP contribution < -0.4 is 9.64 Å². The Morgan fingerprint density at radius 3 is 2.74 bits per heavy atom. The largest absolute Gasteiger partial charge is 0.490 e. The van der Waals surface area contributed by atoms with Crippen LogP contribution in [0.25, 0.3) is 10.9 Å². The molecule has 162 valence electrons. The van der Waals surface area contributed by atoms with Crippen molar-refractivity contribution in [2.75, 3.05) is 31.2 Å². The summed E-state index contributed by atoms with van der Waals surface area (Å²) < 4.78 is 12.1. The van der Waals surface area contributed by atoms with Crippen LogP contribution in [-0.2, 0) is 11.2 Å². The summed E-state index contributed by atoms with van der Waals surface area (Å²) in [6, 6.07) is 6.33. The van der Waals surface area contributed by atoms with Crippen molar-refractivity contribution in [1.82, 2.24) is 19.9 Å². The zero-order valence-corrected chi connectivity index (χ0v) is 18.0. The zero-order valence-electron chi connectivity index (χ0n) is 18.0. The summed E-state index contributed by atoms with van der Waals surface area (Å²) in [6.45, 7) is 5.25. The second kappa shape index (κ2) is 9.14. The van der Waals surface area contributed by atoms with Gasteiger partial charge in [0.1, 0.15) is 17.9 Å². The SMILES string of the molecule is Cc1nccc(CC2CCC(Oc3cc(N4CCOCC4)cc4ncncc34)CC2)n1. The highest BCUT2D eigenvalue weighted by molar-refractivity contribution is 5.88. The van der Waals surface area contributed by atoms with Gasteiger partial charge in [-0.1, -0.05) is 0 Å². The molecule has 0 atom stereocenters. The Kier molecular flexibility index (Phi) is 5.93. The van der Waals surface area contributed by atoms with Crippen molar-refractivity contribution < 1.29 is 9.47 Å². The number of hydrogen-bond acceptors (Lipinski definition) is 7. The highest BCUT2D eigenvalue weighted by Crippen LogP contribution is 2.35. The van der Waals surface area contributed by atoms with E-state index >= 15 is 0 Å². The number of aromatic nitrogens is 4. The molecule has 2 fully saturated rings. The van der Waals surface area contributed by atoms with Crippen LogP contribution in [0.2, 0.25) is 0 Å². The first-order chi connectivity index (χ1) is 15.2. The molecule has 1 saturated heterocycles. The third kappa shape index (κ3) is 4.77. The van der Waals surface area contributed by atoms with Gasteiger partial charge in [-0.15, -0.1) is 0 Å². The van der Waals surface area contributed by atoms with Crippen molar-refractivity contribution >= 4 is 16.6 Å². The number of aryl methyl sites for hydroxylation is 1. The van der Waals surface area contributed by atoms with E-state index < -0.39 is 0 Å². The fourth-order valence-electron chi connectivity index (χ4n) is 4.69. The summed E-state index contributed by atoms with van der Waals surface area (Å²) >= 11 is 0. The van der Waals surface area contributed by atoms with Gasteiger partial charge in [-0.2, -0.15) is 0 Å². The molecular weight excluding hydrogens is 390 g/mol. The highest BCUT2D eigenvalue weighted by atomic mass is 16.5. The van der Waals surface area contributed by atoms with E-state index in [4.69, 9.17) is 9.47 Å². The third-order valence-electron chi connectivity index (χ3n) is 6.37. The van der Waals surface area contributed by atoms with Crippen LogP contribution in [0.15, 0.2) is 36.9 Å². The van der Waals surface area contributed by atoms with E-state index in [0.717, 1.165) is 92.3 Å². The molecule has 2 aromatic heterocycles. The van der Waals surface area contributed by atoms with Crippen LogP contribution in [0.5, 0.6) is 5.75 Å². The molecule has 7 nitrogen and oxygen atoms in total. The normalized spacial score (nSPS) is 21.9. The predicted octanol–water partition coefficient (Wildman–Crippen LogP) is 3.75. The van der Waals surface area contributed by atoms with Gasteiger partial charge in [0.05, 0.1) is 30.2 Å². The number of fused-ring (bicyclic) bond motifs is 1. The van der Waals surface area contributed by atoms with Crippen LogP contribution in [0, 0.1) is 12.8 Å². The molecule has 3 heterocycles. The summed E-state index contributed by atoms with van der Waals surface area (Å²) in [4.78, 5) is 19.9. The maximum atomic E-state index is 6.55. The number of ether oxygens (including phenoxy) is 2. The smallest absolute Gasteiger partial charge is 0.132 e. The Bertz CT molecular complexity index is 1030. The number of anilines is 1. The molecule has 0 N–H and O–H groups in total. The Balaban J connectivity index is 1.28. The lowest BCUT2D eigenvalue weighted by molar-refractivity contribution is 0.122. The van der Waals surface area contributed by atoms with Gasteiger partial charge in [-0.05, 0) is 57.1 Å². The van der Waals surface area contributed by atoms with Gasteiger partial charge in [0.2, 0.25) is 0 Å². The molecule has 1 aliphatic carbocycles. The molecule has 1 aromatic carbocycles. The Morgan fingerprint density at radius 1 is 1.10 bits per heavy atom. The van der Waals surface area contributed by atoms with Crippen molar-refractivity contribution in [3.8, 4) is 5.75 Å². The van der Waals surface area contributed by atoms with E-state index in [0.29, 0.717) is 5.92 Å². The van der Waals surface area contributed by atoms with Gasteiger partial charge in [0.25, 0.3) is 0 Å². The van der Waals surface area contributed by atoms with Gasteiger partial charge < -0.3 is 14.4 Å². The topological polar surface area (TPSA) is 73.3 Å². The first-order valence-electron chi connectivity index (χ1n) is 11.3. The van der Waals surface area contributed by atoms with E-state index in [1.165, 1.54) is 0 Å². The quantitative estimate of drug-likeness (QED) is 0.624. The van der Waals surface area contributed by atoms with Gasteiger partial charge in [-0.3, -0.25) is 0 Å². The molecule has 0 bridgehead atoms. The lowest BCUT2D eigenvalue weighted by Crippen LogP contribution is -2.36. The second-order valence-corrected chi connectivity index (χ2v) is 8.56. The van der Waals surface area contributed by atoms with E-state index in [1.54, 1.807) is 6.33 Å². The first kappa shape index (κ1) is 20.1. The van der Waals surface area contributed by atoms with Crippen molar-refractivity contribution in [3.63, 3.8) is 0 Å². The van der Waals surface area contributed by atoms with Crippen LogP contribution in [0.1, 0.15) is 37.2 Å². The number of rotatable bonds is 5. The predicted molar refractivity (Wildman–Crippen MR) is 119 cm³/mol. The molecule has 31 heavy (non-hydrogen) atoms. The van der Waals surface area contributed by atoms with Crippen LogP contribution in [0.3, 0.4) is 0 Å². The van der Waals surface area contributed by atoms with E-state index in [-0.39, 0.29) is 6.10 Å². The first-order valence-corrected chi connectivity index (χ1v) is 11.3. The highest BCUT2D eigenvalue weighted by Gasteiger charge is 2.24. The van der Waals surface area contributed by atoms with Crippen LogP contribution in [-0.4, -0.2) is 52.3 Å². The van der Waals surface area contributed by atoms with Crippen LogP contribution in [0.4, 0.5) is 5.69 Å². The molecule has 1 aliphatic heterocycles. The Labute approximate surface area is 182 Å². The van der Waals surface area contributed by atoms with E-state index in [2.05, 4.69) is 37.0 Å². The molecule has 0 amide bonds. The summed E-state index contributed by atoms with van der Waals surface area (Å²) in [7, 11) is 0. The van der Waals surface area contributed by atoms with E-state index in [1.807, 2.05) is 25.4 Å². The minimum absolute atomic E-state index is 0.228. The summed E-state index contributed by atoms with van der Waals surface area (Å²) in [6.07, 6.45) is 11.0. The van der Waals surface area contributed by atoms with Gasteiger partial charge in [0, 0.05) is 42.9 Å². The van der Waals surface area contributed by atoms with Gasteiger partial charge in [-0.25, -0.2) is 19.9 Å². The maximum absolute atomic E-state index is 6.55. The Morgan fingerprint density at radius 2 is 1.94 bits per heavy atom. The second-order valence-electron chi connectivity index (χ2n) is 8.56. The zero-order chi connectivity index (χ0) is 21.0. The van der Waals surface area contributed by atoms with Crippen molar-refractivity contribution in [3.05, 3.63) is 48.4 Å². The van der Waals surface area contributed by atoms with Crippen molar-refractivity contribution in [2.45, 2.75) is 45.1 Å². The summed E-state index contributed by atoms with van der Waals surface area (Å²) in [5.74, 6) is 2.41. The molecule has 5 rings (SSSR count). The lowest BCUT2D eigenvalue weighted by atomic mass is 9.84. The van der Waals surface area contributed by atoms with Crippen molar-refractivity contribution in [2.24, 2.45) is 5.92 Å². The molecule has 7 heteroatoms. The Hall–Kier alpha value is -2.80. The number of benzene rings is 1. The lowest BCUT2D eigenvalue weighted by Gasteiger charge is -2.31. The summed E-state index contributed by atoms with van der Waals surface area (Å²) in [5.41, 5.74) is 3.23. The molecule has 0 spiro atoms. The number of nitrogens with zero attached hydrogens (tertiary/aromatic N) is 5. The fourth-order valence-corrected chi connectivity index (χ4v) is 4.69. The molecule has 2 aliphatic rings. The standard InChI is InChI=1S/C24H29N5O2/c1-17-26-7-6-19(28-17)12-18-2-4-21(5-3-18)31-24-14-20(29-8-10-30-11-9-29)13-23-22(24)15-25-16-27-23/h6-7,13-16,18,21H,2-5,8-12H2,1H3. The maximum Gasteiger partial charge on any atom is 0.132 e. The van der Waals surface area contributed by atoms with Gasteiger partial charge in [0.15, 0.2) is 0 Å². The minimum atomic E-state index is 0.228. The average Bonchev–Trinajstić information content (AvgIpc) is 2.81. The monoisotopic (exact) mass is 419 g/mol. The third-order valence-corrected chi connectivity index (χ3v) is 6.37. The molecule has 0 unspecified atom stereocenters. The molecule has 3 aromatic rings. The van der Waals surface area contributed by atoms with Crippen molar-refractivity contribution in [1.29, 1.82) is 0 Å². The molecule has 1 saturated carbocycles. The van der Waals surface area contributed by atoms with E-state index in [9.17, 15) is 0 Å². The van der Waals surface area contributed by atoms with Crippen LogP contribution >= 0.6 is 0 Å². The van der Waals surface area contributed by atoms with Gasteiger partial charge >= 0.3 is 0 Å². The number of hydrogen-bond donors (Lipinski definition) is 0. The molecule has 0 radical (unpaired) electrons. The molecular formula is C24H29N5O2. The fraction of sp³-hybridized carbons (Fsp3) is 0.500. The number of morpholine rings is 1. The minimum Gasteiger partial charge on any atom is -0.490 e. The summed E-state index contributed by atoms with van der Waals surface area (Å²) in [5, 5.41) is 0.984.